The molecular weight excluding hydrogens is 426 g/mol. The number of benzene rings is 3. The number of hydrazone groups is 1. The van der Waals surface area contributed by atoms with Crippen molar-refractivity contribution in [3.63, 3.8) is 0 Å². The number of hydrogen-bond donors (Lipinski definition) is 2. The van der Waals surface area contributed by atoms with E-state index in [0.717, 1.165) is 21.9 Å². The fourth-order valence-electron chi connectivity index (χ4n) is 3.56. The minimum atomic E-state index is -0.431. The van der Waals surface area contributed by atoms with Gasteiger partial charge in [-0.25, -0.2) is 5.43 Å². The standard InChI is InChI=1S/C25H26ClN3O3/c1-3-29(4-2)24(31)14-12-17-9-10-19(21-8-6-5-7-20(17)21)16-27-28-25(32)18-11-13-23(30)22(26)15-18/h5-11,13,15-16,30H,3-4,12,14H2,1-2H3,(H,28,32). The van der Waals surface area contributed by atoms with Gasteiger partial charge in [-0.05, 0) is 54.8 Å². The van der Waals surface area contributed by atoms with Gasteiger partial charge in [0.05, 0.1) is 11.2 Å². The van der Waals surface area contributed by atoms with Crippen molar-refractivity contribution in [2.24, 2.45) is 5.10 Å². The Kier molecular flexibility index (Phi) is 7.84. The number of phenols is 1. The van der Waals surface area contributed by atoms with Crippen LogP contribution >= 0.6 is 11.6 Å². The summed E-state index contributed by atoms with van der Waals surface area (Å²) in [5.41, 5.74) is 4.72. The first kappa shape index (κ1) is 23.3. The second-order valence-corrected chi connectivity index (χ2v) is 7.70. The highest BCUT2D eigenvalue weighted by atomic mass is 35.5. The van der Waals surface area contributed by atoms with Gasteiger partial charge in [-0.1, -0.05) is 48.0 Å². The van der Waals surface area contributed by atoms with Gasteiger partial charge in [0.1, 0.15) is 5.75 Å². The van der Waals surface area contributed by atoms with E-state index in [1.54, 1.807) is 6.21 Å². The summed E-state index contributed by atoms with van der Waals surface area (Å²) in [5, 5.41) is 15.7. The van der Waals surface area contributed by atoms with E-state index in [1.165, 1.54) is 18.2 Å². The molecule has 3 aromatic rings. The number of fused-ring (bicyclic) bond motifs is 1. The van der Waals surface area contributed by atoms with E-state index in [9.17, 15) is 14.7 Å². The van der Waals surface area contributed by atoms with Crippen LogP contribution in [-0.4, -0.2) is 41.1 Å². The lowest BCUT2D eigenvalue weighted by Gasteiger charge is -2.18. The fraction of sp³-hybridized carbons (Fsp3) is 0.240. The van der Waals surface area contributed by atoms with Crippen molar-refractivity contribution < 1.29 is 14.7 Å². The number of halogens is 1. The number of aryl methyl sites for hydroxylation is 1. The molecule has 0 aromatic heterocycles. The molecule has 3 aromatic carbocycles. The Morgan fingerprint density at radius 1 is 1.06 bits per heavy atom. The summed E-state index contributed by atoms with van der Waals surface area (Å²) >= 11 is 5.85. The molecule has 0 saturated heterocycles. The van der Waals surface area contributed by atoms with Crippen LogP contribution in [0.5, 0.6) is 5.75 Å². The van der Waals surface area contributed by atoms with Crippen LogP contribution in [0.4, 0.5) is 0 Å². The van der Waals surface area contributed by atoms with E-state index in [4.69, 9.17) is 11.6 Å². The number of aromatic hydroxyl groups is 1. The lowest BCUT2D eigenvalue weighted by molar-refractivity contribution is -0.130. The lowest BCUT2D eigenvalue weighted by atomic mass is 9.97. The number of rotatable bonds is 8. The highest BCUT2D eigenvalue weighted by molar-refractivity contribution is 6.32. The molecule has 3 rings (SSSR count). The first-order valence-electron chi connectivity index (χ1n) is 10.5. The van der Waals surface area contributed by atoms with Gasteiger partial charge in [0.2, 0.25) is 5.91 Å². The van der Waals surface area contributed by atoms with Crippen molar-refractivity contribution in [2.75, 3.05) is 13.1 Å². The molecule has 6 nitrogen and oxygen atoms in total. The molecule has 166 valence electrons. The Morgan fingerprint density at radius 3 is 2.47 bits per heavy atom. The molecular formula is C25H26ClN3O3. The summed E-state index contributed by atoms with van der Waals surface area (Å²) < 4.78 is 0. The van der Waals surface area contributed by atoms with Crippen molar-refractivity contribution >= 4 is 40.4 Å². The monoisotopic (exact) mass is 451 g/mol. The number of nitrogens with one attached hydrogen (secondary N) is 1. The molecule has 7 heteroatoms. The van der Waals surface area contributed by atoms with Gasteiger partial charge >= 0.3 is 0 Å². The first-order valence-corrected chi connectivity index (χ1v) is 10.9. The molecule has 0 radical (unpaired) electrons. The normalized spacial score (nSPS) is 11.1. The summed E-state index contributed by atoms with van der Waals surface area (Å²) in [6.45, 7) is 5.40. The van der Waals surface area contributed by atoms with Crippen LogP contribution in [0.25, 0.3) is 10.8 Å². The molecule has 0 bridgehead atoms. The molecule has 0 unspecified atom stereocenters. The number of nitrogens with zero attached hydrogens (tertiary/aromatic N) is 2. The number of hydrogen-bond acceptors (Lipinski definition) is 4. The molecule has 0 spiro atoms. The molecule has 2 amide bonds. The SMILES string of the molecule is CCN(CC)C(=O)CCc1ccc(C=NNC(=O)c2ccc(O)c(Cl)c2)c2ccccc12. The van der Waals surface area contributed by atoms with E-state index < -0.39 is 5.91 Å². The lowest BCUT2D eigenvalue weighted by Crippen LogP contribution is -2.30. The van der Waals surface area contributed by atoms with Crippen LogP contribution in [0.2, 0.25) is 5.02 Å². The first-order chi connectivity index (χ1) is 15.4. The van der Waals surface area contributed by atoms with Crippen LogP contribution < -0.4 is 5.43 Å². The highest BCUT2D eigenvalue weighted by Gasteiger charge is 2.12. The van der Waals surface area contributed by atoms with E-state index in [2.05, 4.69) is 10.5 Å². The predicted octanol–water partition coefficient (Wildman–Crippen LogP) is 4.76. The van der Waals surface area contributed by atoms with Crippen LogP contribution in [0.15, 0.2) is 59.7 Å². The second kappa shape index (κ2) is 10.8. The summed E-state index contributed by atoms with van der Waals surface area (Å²) in [7, 11) is 0. The third-order valence-corrected chi connectivity index (χ3v) is 5.65. The van der Waals surface area contributed by atoms with E-state index in [-0.39, 0.29) is 16.7 Å². The number of amides is 2. The van der Waals surface area contributed by atoms with Crippen molar-refractivity contribution in [2.45, 2.75) is 26.7 Å². The van der Waals surface area contributed by atoms with Gasteiger partial charge in [-0.2, -0.15) is 5.10 Å². The second-order valence-electron chi connectivity index (χ2n) is 7.29. The maximum absolute atomic E-state index is 12.4. The fourth-order valence-corrected chi connectivity index (χ4v) is 3.75. The van der Waals surface area contributed by atoms with Crippen LogP contribution in [0.3, 0.4) is 0 Å². The van der Waals surface area contributed by atoms with Gasteiger partial charge in [0, 0.05) is 30.6 Å². The Balaban J connectivity index is 1.75. The zero-order valence-corrected chi connectivity index (χ0v) is 18.9. The van der Waals surface area contributed by atoms with Crippen LogP contribution in [0, 0.1) is 0 Å². The Hall–Kier alpha value is -3.38. The summed E-state index contributed by atoms with van der Waals surface area (Å²) in [4.78, 5) is 26.5. The van der Waals surface area contributed by atoms with E-state index >= 15 is 0 Å². The van der Waals surface area contributed by atoms with Crippen LogP contribution in [-0.2, 0) is 11.2 Å². The Labute approximate surface area is 192 Å². The van der Waals surface area contributed by atoms with Crippen molar-refractivity contribution in [1.29, 1.82) is 0 Å². The smallest absolute Gasteiger partial charge is 0.271 e. The minimum absolute atomic E-state index is 0.0860. The molecule has 0 fully saturated rings. The van der Waals surface area contributed by atoms with Gasteiger partial charge in [0.25, 0.3) is 5.91 Å². The van der Waals surface area contributed by atoms with E-state index in [0.29, 0.717) is 31.5 Å². The quantitative estimate of drug-likeness (QED) is 0.382. The van der Waals surface area contributed by atoms with Crippen molar-refractivity contribution in [3.8, 4) is 5.75 Å². The van der Waals surface area contributed by atoms with Gasteiger partial charge in [-0.3, -0.25) is 9.59 Å². The largest absolute Gasteiger partial charge is 0.506 e. The van der Waals surface area contributed by atoms with Crippen LogP contribution in [0.1, 0.15) is 41.8 Å². The number of phenolic OH excluding ortho intramolecular Hbond substituents is 1. The molecule has 0 aliphatic carbocycles. The molecule has 32 heavy (non-hydrogen) atoms. The molecule has 0 aliphatic heterocycles. The van der Waals surface area contributed by atoms with Crippen molar-refractivity contribution in [1.82, 2.24) is 10.3 Å². The average Bonchev–Trinajstić information content (AvgIpc) is 2.80. The highest BCUT2D eigenvalue weighted by Crippen LogP contribution is 2.24. The summed E-state index contributed by atoms with van der Waals surface area (Å²) in [6, 6.07) is 16.1. The minimum Gasteiger partial charge on any atom is -0.506 e. The predicted molar refractivity (Wildman–Crippen MR) is 128 cm³/mol. The van der Waals surface area contributed by atoms with Gasteiger partial charge in [0.15, 0.2) is 0 Å². The third kappa shape index (κ3) is 5.45. The molecule has 0 heterocycles. The molecule has 2 N–H and O–H groups in total. The topological polar surface area (TPSA) is 82.0 Å². The zero-order valence-electron chi connectivity index (χ0n) is 18.1. The number of carbonyl (C=O) groups is 2. The Bertz CT molecular complexity index is 1160. The van der Waals surface area contributed by atoms with Crippen molar-refractivity contribution in [3.05, 3.63) is 76.3 Å². The zero-order chi connectivity index (χ0) is 23.1. The molecule has 0 atom stereocenters. The molecule has 0 aliphatic rings. The Morgan fingerprint density at radius 2 is 1.78 bits per heavy atom. The maximum atomic E-state index is 12.4. The van der Waals surface area contributed by atoms with E-state index in [1.807, 2.05) is 55.1 Å². The number of carbonyl (C=O) groups excluding carboxylic acids is 2. The summed E-state index contributed by atoms with van der Waals surface area (Å²) in [5.74, 6) is -0.363. The third-order valence-electron chi connectivity index (χ3n) is 5.35. The summed E-state index contributed by atoms with van der Waals surface area (Å²) in [6.07, 6.45) is 2.71. The average molecular weight is 452 g/mol. The molecule has 0 saturated carbocycles. The van der Waals surface area contributed by atoms with Gasteiger partial charge < -0.3 is 10.0 Å². The van der Waals surface area contributed by atoms with Gasteiger partial charge in [-0.15, -0.1) is 0 Å². The maximum Gasteiger partial charge on any atom is 0.271 e.